The Labute approximate surface area is 164 Å². The summed E-state index contributed by atoms with van der Waals surface area (Å²) in [5.41, 5.74) is 5.27. The Morgan fingerprint density at radius 2 is 1.75 bits per heavy atom. The van der Waals surface area contributed by atoms with E-state index in [-0.39, 0.29) is 11.4 Å². The van der Waals surface area contributed by atoms with Gasteiger partial charge in [-0.05, 0) is 26.0 Å². The summed E-state index contributed by atoms with van der Waals surface area (Å²) in [7, 11) is 2.73. The van der Waals surface area contributed by atoms with Gasteiger partial charge in [-0.25, -0.2) is 4.79 Å². The summed E-state index contributed by atoms with van der Waals surface area (Å²) >= 11 is 1.17. The smallest absolute Gasteiger partial charge is 0.332 e. The standard InChI is InChI=1S/C18H20N6O3S/c1-10(14(25)13-15(19)22(3)18(27)23(4)16(13)26)28-17-21-20-11(2)24(17)12-8-6-5-7-9-12/h5-10H,19H2,1-4H3. The predicted molar refractivity (Wildman–Crippen MR) is 107 cm³/mol. The van der Waals surface area contributed by atoms with Gasteiger partial charge in [-0.2, -0.15) is 0 Å². The Balaban J connectivity index is 1.98. The Kier molecular flexibility index (Phi) is 5.23. The van der Waals surface area contributed by atoms with E-state index in [9.17, 15) is 14.4 Å². The molecule has 1 unspecified atom stereocenters. The SMILES string of the molecule is Cc1nnc(SC(C)C(=O)c2c(N)n(C)c(=O)n(C)c2=O)n1-c1ccccc1. The molecule has 10 heteroatoms. The van der Waals surface area contributed by atoms with Crippen LogP contribution >= 0.6 is 11.8 Å². The van der Waals surface area contributed by atoms with E-state index in [1.165, 1.54) is 25.9 Å². The van der Waals surface area contributed by atoms with Crippen molar-refractivity contribution in [1.82, 2.24) is 23.9 Å². The third-order valence-electron chi connectivity index (χ3n) is 4.42. The minimum absolute atomic E-state index is 0.147. The topological polar surface area (TPSA) is 118 Å². The highest BCUT2D eigenvalue weighted by Gasteiger charge is 2.27. The number of benzene rings is 1. The highest BCUT2D eigenvalue weighted by Crippen LogP contribution is 2.27. The second kappa shape index (κ2) is 7.47. The molecule has 28 heavy (non-hydrogen) atoms. The Morgan fingerprint density at radius 1 is 1.11 bits per heavy atom. The van der Waals surface area contributed by atoms with Crippen molar-refractivity contribution in [3.05, 3.63) is 62.6 Å². The van der Waals surface area contributed by atoms with E-state index < -0.39 is 22.3 Å². The van der Waals surface area contributed by atoms with Crippen LogP contribution in [0.2, 0.25) is 0 Å². The van der Waals surface area contributed by atoms with Gasteiger partial charge in [-0.1, -0.05) is 30.0 Å². The molecule has 0 saturated heterocycles. The minimum Gasteiger partial charge on any atom is -0.384 e. The lowest BCUT2D eigenvalue weighted by Crippen LogP contribution is -2.42. The molecule has 2 N–H and O–H groups in total. The van der Waals surface area contributed by atoms with Crippen molar-refractivity contribution in [1.29, 1.82) is 0 Å². The molecule has 0 spiro atoms. The van der Waals surface area contributed by atoms with Crippen LogP contribution in [0.1, 0.15) is 23.1 Å². The summed E-state index contributed by atoms with van der Waals surface area (Å²) < 4.78 is 3.79. The molecule has 0 aliphatic rings. The normalized spacial score (nSPS) is 12.1. The molecule has 0 saturated carbocycles. The lowest BCUT2D eigenvalue weighted by Gasteiger charge is -2.15. The number of ketones is 1. The molecule has 9 nitrogen and oxygen atoms in total. The van der Waals surface area contributed by atoms with Gasteiger partial charge in [0, 0.05) is 19.8 Å². The van der Waals surface area contributed by atoms with Crippen molar-refractivity contribution in [3.63, 3.8) is 0 Å². The van der Waals surface area contributed by atoms with Gasteiger partial charge in [0.2, 0.25) is 0 Å². The molecular weight excluding hydrogens is 380 g/mol. The first-order valence-corrected chi connectivity index (χ1v) is 9.35. The summed E-state index contributed by atoms with van der Waals surface area (Å²) in [6, 6.07) is 9.51. The summed E-state index contributed by atoms with van der Waals surface area (Å²) in [4.78, 5) is 37.4. The van der Waals surface area contributed by atoms with Crippen LogP contribution in [0.4, 0.5) is 5.82 Å². The fourth-order valence-electron chi connectivity index (χ4n) is 2.80. The maximum atomic E-state index is 13.0. The van der Waals surface area contributed by atoms with Crippen LogP contribution in [0.25, 0.3) is 5.69 Å². The van der Waals surface area contributed by atoms with Gasteiger partial charge in [-0.15, -0.1) is 10.2 Å². The maximum absolute atomic E-state index is 13.0. The predicted octanol–water partition coefficient (Wildman–Crippen LogP) is 0.919. The van der Waals surface area contributed by atoms with Crippen LogP contribution in [0.3, 0.4) is 0 Å². The number of carbonyl (C=O) groups is 1. The lowest BCUT2D eigenvalue weighted by molar-refractivity contribution is 0.0992. The van der Waals surface area contributed by atoms with Gasteiger partial charge in [0.1, 0.15) is 17.2 Å². The first-order chi connectivity index (χ1) is 13.2. The largest absolute Gasteiger partial charge is 0.384 e. The molecular formula is C18H20N6O3S. The molecule has 3 rings (SSSR count). The first kappa shape index (κ1) is 19.6. The molecule has 0 fully saturated rings. The van der Waals surface area contributed by atoms with Crippen molar-refractivity contribution in [2.24, 2.45) is 14.1 Å². The summed E-state index contributed by atoms with van der Waals surface area (Å²) in [6.45, 7) is 3.48. The van der Waals surface area contributed by atoms with Crippen molar-refractivity contribution in [2.75, 3.05) is 5.73 Å². The second-order valence-corrected chi connectivity index (χ2v) is 7.60. The number of aromatic nitrogens is 5. The Hall–Kier alpha value is -3.14. The van der Waals surface area contributed by atoms with E-state index in [0.717, 1.165) is 14.8 Å². The van der Waals surface area contributed by atoms with Gasteiger partial charge in [0.05, 0.1) is 5.25 Å². The zero-order valence-corrected chi connectivity index (χ0v) is 16.7. The fourth-order valence-corrected chi connectivity index (χ4v) is 3.77. The molecule has 146 valence electrons. The quantitative estimate of drug-likeness (QED) is 0.500. The zero-order valence-electron chi connectivity index (χ0n) is 15.9. The zero-order chi connectivity index (χ0) is 20.6. The number of rotatable bonds is 5. The van der Waals surface area contributed by atoms with Crippen LogP contribution in [-0.4, -0.2) is 34.9 Å². The Morgan fingerprint density at radius 3 is 2.39 bits per heavy atom. The van der Waals surface area contributed by atoms with Crippen molar-refractivity contribution < 1.29 is 4.79 Å². The number of nitrogens with zero attached hydrogens (tertiary/aromatic N) is 5. The van der Waals surface area contributed by atoms with Crippen LogP contribution in [-0.2, 0) is 14.1 Å². The first-order valence-electron chi connectivity index (χ1n) is 8.47. The summed E-state index contributed by atoms with van der Waals surface area (Å²) in [5.74, 6) is 0.0520. The average Bonchev–Trinajstić information content (AvgIpc) is 3.05. The maximum Gasteiger partial charge on any atom is 0.332 e. The molecule has 2 aromatic heterocycles. The van der Waals surface area contributed by atoms with Crippen molar-refractivity contribution in [3.8, 4) is 5.69 Å². The number of anilines is 1. The summed E-state index contributed by atoms with van der Waals surface area (Å²) in [5, 5.41) is 8.10. The number of thioether (sulfide) groups is 1. The van der Waals surface area contributed by atoms with Gasteiger partial charge >= 0.3 is 5.69 Å². The second-order valence-electron chi connectivity index (χ2n) is 6.29. The molecule has 1 atom stereocenters. The molecule has 0 aliphatic heterocycles. The lowest BCUT2D eigenvalue weighted by atomic mass is 10.1. The number of aryl methyl sites for hydroxylation is 1. The van der Waals surface area contributed by atoms with Gasteiger partial charge in [-0.3, -0.25) is 23.3 Å². The van der Waals surface area contributed by atoms with E-state index in [1.807, 2.05) is 41.8 Å². The molecule has 3 aromatic rings. The number of carbonyl (C=O) groups excluding carboxylic acids is 1. The number of nitrogens with two attached hydrogens (primary N) is 1. The fraction of sp³-hybridized carbons (Fsp3) is 0.278. The molecule has 1 aromatic carbocycles. The highest BCUT2D eigenvalue weighted by molar-refractivity contribution is 8.00. The average molecular weight is 400 g/mol. The van der Waals surface area contributed by atoms with Crippen LogP contribution in [0.5, 0.6) is 0 Å². The number of hydrogen-bond acceptors (Lipinski definition) is 7. The monoisotopic (exact) mass is 400 g/mol. The van der Waals surface area contributed by atoms with Gasteiger partial charge in [0.15, 0.2) is 10.9 Å². The van der Waals surface area contributed by atoms with Crippen LogP contribution < -0.4 is 17.0 Å². The number of para-hydroxylation sites is 1. The van der Waals surface area contributed by atoms with Crippen molar-refractivity contribution >= 4 is 23.4 Å². The van der Waals surface area contributed by atoms with E-state index in [2.05, 4.69) is 10.2 Å². The number of Topliss-reactive ketones (excluding diaryl/α,β-unsaturated/α-hetero) is 1. The molecule has 2 heterocycles. The van der Waals surface area contributed by atoms with Crippen molar-refractivity contribution in [2.45, 2.75) is 24.3 Å². The van der Waals surface area contributed by atoms with Gasteiger partial charge in [0.25, 0.3) is 5.56 Å². The highest BCUT2D eigenvalue weighted by atomic mass is 32.2. The Bertz CT molecular complexity index is 1160. The third-order valence-corrected chi connectivity index (χ3v) is 5.46. The van der Waals surface area contributed by atoms with E-state index in [1.54, 1.807) is 6.92 Å². The summed E-state index contributed by atoms with van der Waals surface area (Å²) in [6.07, 6.45) is 0. The number of hydrogen-bond donors (Lipinski definition) is 1. The van der Waals surface area contributed by atoms with E-state index >= 15 is 0 Å². The molecule has 0 bridgehead atoms. The van der Waals surface area contributed by atoms with Crippen LogP contribution in [0.15, 0.2) is 45.1 Å². The van der Waals surface area contributed by atoms with Crippen LogP contribution in [0, 0.1) is 6.92 Å². The van der Waals surface area contributed by atoms with E-state index in [0.29, 0.717) is 11.0 Å². The molecule has 0 amide bonds. The van der Waals surface area contributed by atoms with E-state index in [4.69, 9.17) is 5.73 Å². The number of nitrogen functional groups attached to an aromatic ring is 1. The minimum atomic E-state index is -0.709. The third kappa shape index (κ3) is 3.26. The van der Waals surface area contributed by atoms with Gasteiger partial charge < -0.3 is 5.73 Å². The molecule has 0 radical (unpaired) electrons. The molecule has 0 aliphatic carbocycles.